The molecule has 9 heteroatoms. The zero-order chi connectivity index (χ0) is 20.3. The summed E-state index contributed by atoms with van der Waals surface area (Å²) in [6, 6.07) is 7.76. The number of rotatable bonds is 6. The van der Waals surface area contributed by atoms with Crippen LogP contribution < -0.4 is 10.6 Å². The molecule has 2 heterocycles. The minimum atomic E-state index is 0.0317. The third-order valence-electron chi connectivity index (χ3n) is 4.49. The molecule has 2 N–H and O–H groups in total. The molecule has 148 valence electrons. The quantitative estimate of drug-likeness (QED) is 0.489. The molecule has 0 fully saturated rings. The van der Waals surface area contributed by atoms with Crippen LogP contribution in [0, 0.1) is 6.92 Å². The first kappa shape index (κ1) is 20.8. The van der Waals surface area contributed by atoms with Crippen molar-refractivity contribution in [1.29, 1.82) is 0 Å². The third-order valence-corrected chi connectivity index (χ3v) is 5.66. The Morgan fingerprint density at radius 1 is 1.36 bits per heavy atom. The lowest BCUT2D eigenvalue weighted by Crippen LogP contribution is -2.31. The van der Waals surface area contributed by atoms with Gasteiger partial charge >= 0.3 is 0 Å². The maximum atomic E-state index is 6.24. The van der Waals surface area contributed by atoms with Gasteiger partial charge in [-0.15, -0.1) is 0 Å². The number of aromatic nitrogens is 4. The summed E-state index contributed by atoms with van der Waals surface area (Å²) in [7, 11) is 0. The van der Waals surface area contributed by atoms with Crippen molar-refractivity contribution in [2.24, 2.45) is 0 Å². The molecule has 0 bridgehead atoms. The number of halogens is 2. The second-order valence-electron chi connectivity index (χ2n) is 6.44. The van der Waals surface area contributed by atoms with Crippen molar-refractivity contribution in [2.45, 2.75) is 39.9 Å². The van der Waals surface area contributed by atoms with Gasteiger partial charge in [-0.05, 0) is 60.5 Å². The predicted octanol–water partition coefficient (Wildman–Crippen LogP) is 4.92. The van der Waals surface area contributed by atoms with Gasteiger partial charge in [-0.3, -0.25) is 9.36 Å². The van der Waals surface area contributed by atoms with E-state index in [0.29, 0.717) is 17.5 Å². The largest absolute Gasteiger partial charge is 0.356 e. The number of hydrogen-bond donors (Lipinski definition) is 2. The Morgan fingerprint density at radius 3 is 2.79 bits per heavy atom. The summed E-state index contributed by atoms with van der Waals surface area (Å²) < 4.78 is 4.61. The molecule has 1 unspecified atom stereocenters. The van der Waals surface area contributed by atoms with Crippen molar-refractivity contribution in [3.05, 3.63) is 63.0 Å². The van der Waals surface area contributed by atoms with Gasteiger partial charge in [0.15, 0.2) is 10.9 Å². The standard InChI is InChI=1S/C19H22BrClN6S/c1-4-27-13(3)15(9-22-27)12(2)23-19(28)24-18-16(20)11-26(25-18)10-14-7-5-6-8-17(14)21/h5-9,11-12H,4,10H2,1-3H3,(H2,23,24,25,28). The van der Waals surface area contributed by atoms with Crippen molar-refractivity contribution in [2.75, 3.05) is 5.32 Å². The lowest BCUT2D eigenvalue weighted by molar-refractivity contribution is 0.632. The van der Waals surface area contributed by atoms with Crippen molar-refractivity contribution < 1.29 is 0 Å². The molecule has 6 nitrogen and oxygen atoms in total. The third kappa shape index (κ3) is 4.74. The minimum Gasteiger partial charge on any atom is -0.356 e. The summed E-state index contributed by atoms with van der Waals surface area (Å²) in [6.45, 7) is 7.62. The van der Waals surface area contributed by atoms with Gasteiger partial charge in [-0.25, -0.2) is 0 Å². The molecule has 0 aliphatic carbocycles. The van der Waals surface area contributed by atoms with Crippen LogP contribution in [0.2, 0.25) is 5.02 Å². The number of aryl methyl sites for hydroxylation is 1. The van der Waals surface area contributed by atoms with Crippen molar-refractivity contribution >= 4 is 50.7 Å². The molecule has 0 saturated heterocycles. The van der Waals surface area contributed by atoms with E-state index >= 15 is 0 Å². The van der Waals surface area contributed by atoms with E-state index in [0.717, 1.165) is 32.9 Å². The fourth-order valence-electron chi connectivity index (χ4n) is 2.99. The van der Waals surface area contributed by atoms with Gasteiger partial charge in [0.05, 0.1) is 23.3 Å². The monoisotopic (exact) mass is 480 g/mol. The van der Waals surface area contributed by atoms with Crippen LogP contribution in [0.4, 0.5) is 5.82 Å². The number of nitrogens with one attached hydrogen (secondary N) is 2. The maximum absolute atomic E-state index is 6.24. The van der Waals surface area contributed by atoms with E-state index in [1.165, 1.54) is 0 Å². The van der Waals surface area contributed by atoms with E-state index < -0.39 is 0 Å². The highest BCUT2D eigenvalue weighted by Gasteiger charge is 2.15. The molecular formula is C19H22BrClN6S. The first-order valence-corrected chi connectivity index (χ1v) is 10.5. The summed E-state index contributed by atoms with van der Waals surface area (Å²) >= 11 is 15.2. The van der Waals surface area contributed by atoms with E-state index in [4.69, 9.17) is 23.8 Å². The molecule has 28 heavy (non-hydrogen) atoms. The zero-order valence-corrected chi connectivity index (χ0v) is 19.1. The first-order valence-electron chi connectivity index (χ1n) is 8.95. The Hall–Kier alpha value is -1.90. The highest BCUT2D eigenvalue weighted by molar-refractivity contribution is 9.10. The van der Waals surface area contributed by atoms with Crippen molar-refractivity contribution in [1.82, 2.24) is 24.9 Å². The number of benzene rings is 1. The Balaban J connectivity index is 1.65. The molecule has 3 aromatic rings. The van der Waals surface area contributed by atoms with E-state index in [1.54, 1.807) is 0 Å². The average Bonchev–Trinajstić information content (AvgIpc) is 3.19. The fourth-order valence-corrected chi connectivity index (χ4v) is 3.87. The van der Waals surface area contributed by atoms with Gasteiger partial charge in [0.1, 0.15) is 0 Å². The predicted molar refractivity (Wildman–Crippen MR) is 121 cm³/mol. The van der Waals surface area contributed by atoms with Gasteiger partial charge < -0.3 is 10.6 Å². The Morgan fingerprint density at radius 2 is 2.11 bits per heavy atom. The molecule has 0 aliphatic rings. The zero-order valence-electron chi connectivity index (χ0n) is 15.9. The number of anilines is 1. The SMILES string of the molecule is CCn1ncc(C(C)NC(=S)Nc2nn(Cc3ccccc3Cl)cc2Br)c1C. The second kappa shape index (κ2) is 9.07. The number of thiocarbonyl (C=S) groups is 1. The highest BCUT2D eigenvalue weighted by atomic mass is 79.9. The smallest absolute Gasteiger partial charge is 0.172 e. The van der Waals surface area contributed by atoms with E-state index in [-0.39, 0.29) is 6.04 Å². The van der Waals surface area contributed by atoms with E-state index in [1.807, 2.05) is 46.0 Å². The Labute approximate surface area is 183 Å². The average molecular weight is 482 g/mol. The van der Waals surface area contributed by atoms with Gasteiger partial charge in [-0.2, -0.15) is 10.2 Å². The van der Waals surface area contributed by atoms with Gasteiger partial charge in [-0.1, -0.05) is 29.8 Å². The van der Waals surface area contributed by atoms with E-state index in [2.05, 4.69) is 57.5 Å². The van der Waals surface area contributed by atoms with Crippen LogP contribution in [-0.2, 0) is 13.1 Å². The number of hydrogen-bond acceptors (Lipinski definition) is 3. The lowest BCUT2D eigenvalue weighted by Gasteiger charge is -2.16. The molecule has 1 aromatic carbocycles. The first-order chi connectivity index (χ1) is 13.4. The van der Waals surface area contributed by atoms with Crippen LogP contribution in [0.5, 0.6) is 0 Å². The summed E-state index contributed by atoms with van der Waals surface area (Å²) in [4.78, 5) is 0. The van der Waals surface area contributed by atoms with Crippen LogP contribution in [0.3, 0.4) is 0 Å². The van der Waals surface area contributed by atoms with Gasteiger partial charge in [0.25, 0.3) is 0 Å². The molecule has 0 amide bonds. The highest BCUT2D eigenvalue weighted by Crippen LogP contribution is 2.23. The fraction of sp³-hybridized carbons (Fsp3) is 0.316. The maximum Gasteiger partial charge on any atom is 0.172 e. The topological polar surface area (TPSA) is 59.7 Å². The van der Waals surface area contributed by atoms with Crippen LogP contribution in [0.1, 0.15) is 36.7 Å². The summed E-state index contributed by atoms with van der Waals surface area (Å²) in [5.74, 6) is 0.651. The summed E-state index contributed by atoms with van der Waals surface area (Å²) in [6.07, 6.45) is 3.78. The Bertz CT molecular complexity index is 983. The van der Waals surface area contributed by atoms with Gasteiger partial charge in [0.2, 0.25) is 0 Å². The van der Waals surface area contributed by atoms with Crippen LogP contribution in [0.25, 0.3) is 0 Å². The lowest BCUT2D eigenvalue weighted by atomic mass is 10.1. The molecule has 0 spiro atoms. The molecule has 0 radical (unpaired) electrons. The summed E-state index contributed by atoms with van der Waals surface area (Å²) in [5.41, 5.74) is 3.26. The molecular weight excluding hydrogens is 460 g/mol. The second-order valence-corrected chi connectivity index (χ2v) is 8.11. The van der Waals surface area contributed by atoms with Crippen LogP contribution >= 0.6 is 39.7 Å². The molecule has 1 atom stereocenters. The van der Waals surface area contributed by atoms with Crippen LogP contribution in [0.15, 0.2) is 41.1 Å². The minimum absolute atomic E-state index is 0.0317. The normalized spacial score (nSPS) is 12.0. The van der Waals surface area contributed by atoms with Gasteiger partial charge in [0, 0.05) is 29.0 Å². The summed E-state index contributed by atoms with van der Waals surface area (Å²) in [5, 5.41) is 16.6. The van der Waals surface area contributed by atoms with E-state index in [9.17, 15) is 0 Å². The molecule has 0 aliphatic heterocycles. The van der Waals surface area contributed by atoms with Crippen LogP contribution in [-0.4, -0.2) is 24.7 Å². The van der Waals surface area contributed by atoms with Crippen molar-refractivity contribution in [3.8, 4) is 0 Å². The molecule has 2 aromatic heterocycles. The Kier molecular flexibility index (Phi) is 6.74. The molecule has 3 rings (SSSR count). The number of nitrogens with zero attached hydrogens (tertiary/aromatic N) is 4. The molecule has 0 saturated carbocycles. The van der Waals surface area contributed by atoms with Crippen molar-refractivity contribution in [3.63, 3.8) is 0 Å².